The van der Waals surface area contributed by atoms with Gasteiger partial charge in [-0.1, -0.05) is 30.3 Å². The number of benzene rings is 2. The van der Waals surface area contributed by atoms with Crippen LogP contribution in [0.2, 0.25) is 0 Å². The van der Waals surface area contributed by atoms with E-state index >= 15 is 0 Å². The van der Waals surface area contributed by atoms with E-state index in [1.807, 2.05) is 44.2 Å². The Bertz CT molecular complexity index is 1260. The average molecular weight is 400 g/mol. The molecule has 7 nitrogen and oxygen atoms in total. The number of aryl methyl sites for hydroxylation is 2. The van der Waals surface area contributed by atoms with Gasteiger partial charge in [0.1, 0.15) is 17.1 Å². The minimum absolute atomic E-state index is 0.0225. The van der Waals surface area contributed by atoms with Crippen molar-refractivity contribution in [2.75, 3.05) is 5.32 Å². The molecule has 0 bridgehead atoms. The Labute approximate surface area is 173 Å². The fourth-order valence-electron chi connectivity index (χ4n) is 3.44. The Balaban J connectivity index is 1.89. The number of phenols is 1. The Morgan fingerprint density at radius 1 is 1.07 bits per heavy atom. The van der Waals surface area contributed by atoms with E-state index in [-0.39, 0.29) is 11.4 Å². The molecule has 0 aliphatic heterocycles. The van der Waals surface area contributed by atoms with Crippen LogP contribution in [0.4, 0.5) is 11.5 Å². The average Bonchev–Trinajstić information content (AvgIpc) is 2.73. The predicted molar refractivity (Wildman–Crippen MR) is 116 cm³/mol. The molecule has 150 valence electrons. The van der Waals surface area contributed by atoms with Crippen molar-refractivity contribution in [3.63, 3.8) is 0 Å². The third-order valence-corrected chi connectivity index (χ3v) is 4.94. The molecular formula is C23H20N4O3. The monoisotopic (exact) mass is 400 g/mol. The van der Waals surface area contributed by atoms with Gasteiger partial charge in [0.2, 0.25) is 0 Å². The zero-order chi connectivity index (χ0) is 21.3. The van der Waals surface area contributed by atoms with E-state index in [0.29, 0.717) is 22.5 Å². The molecule has 0 radical (unpaired) electrons. The van der Waals surface area contributed by atoms with E-state index in [9.17, 15) is 15.2 Å². The van der Waals surface area contributed by atoms with E-state index in [1.165, 1.54) is 12.1 Å². The van der Waals surface area contributed by atoms with E-state index in [4.69, 9.17) is 0 Å². The molecule has 2 aromatic heterocycles. The molecule has 0 aliphatic rings. The lowest BCUT2D eigenvalue weighted by Crippen LogP contribution is -2.14. The van der Waals surface area contributed by atoms with E-state index in [2.05, 4.69) is 15.3 Å². The van der Waals surface area contributed by atoms with Gasteiger partial charge in [-0.3, -0.25) is 10.1 Å². The van der Waals surface area contributed by atoms with Crippen molar-refractivity contribution in [1.29, 1.82) is 0 Å². The number of nitrogens with zero attached hydrogens (tertiary/aromatic N) is 3. The van der Waals surface area contributed by atoms with Gasteiger partial charge in [-0.2, -0.15) is 0 Å². The van der Waals surface area contributed by atoms with Crippen molar-refractivity contribution in [2.24, 2.45) is 0 Å². The maximum absolute atomic E-state index is 11.3. The molecule has 4 rings (SSSR count). The number of aromatic nitrogens is 2. The van der Waals surface area contributed by atoms with Gasteiger partial charge in [0.05, 0.1) is 11.0 Å². The molecule has 0 saturated carbocycles. The molecule has 2 heterocycles. The second kappa shape index (κ2) is 7.79. The summed E-state index contributed by atoms with van der Waals surface area (Å²) in [6.07, 6.45) is 1.69. The molecule has 4 aromatic rings. The SMILES string of the molecule is Cc1ccnc(N[C@@H](c2cccc([N+](=O)[O-])c2)c2ccc3ccc(C)nc3c2O)c1. The van der Waals surface area contributed by atoms with Crippen LogP contribution in [-0.2, 0) is 0 Å². The number of aromatic hydroxyl groups is 1. The van der Waals surface area contributed by atoms with E-state index in [0.717, 1.165) is 16.6 Å². The number of nitro groups is 1. The molecular weight excluding hydrogens is 380 g/mol. The summed E-state index contributed by atoms with van der Waals surface area (Å²) in [5.41, 5.74) is 3.47. The highest BCUT2D eigenvalue weighted by atomic mass is 16.6. The van der Waals surface area contributed by atoms with Crippen molar-refractivity contribution < 1.29 is 10.0 Å². The zero-order valence-electron chi connectivity index (χ0n) is 16.5. The van der Waals surface area contributed by atoms with Crippen LogP contribution in [-0.4, -0.2) is 20.0 Å². The first-order valence-electron chi connectivity index (χ1n) is 9.45. The van der Waals surface area contributed by atoms with Gasteiger partial charge < -0.3 is 10.4 Å². The van der Waals surface area contributed by atoms with Crippen LogP contribution in [0.1, 0.15) is 28.4 Å². The summed E-state index contributed by atoms with van der Waals surface area (Å²) in [6, 6.07) is 17.0. The lowest BCUT2D eigenvalue weighted by Gasteiger charge is -2.22. The normalized spacial score (nSPS) is 11.9. The fraction of sp³-hybridized carbons (Fsp3) is 0.130. The van der Waals surface area contributed by atoms with Gasteiger partial charge in [-0.25, -0.2) is 9.97 Å². The van der Waals surface area contributed by atoms with Crippen LogP contribution >= 0.6 is 0 Å². The van der Waals surface area contributed by atoms with Gasteiger partial charge in [0.15, 0.2) is 0 Å². The molecule has 7 heteroatoms. The topological polar surface area (TPSA) is 101 Å². The maximum atomic E-state index is 11.3. The molecule has 0 fully saturated rings. The number of hydrogen-bond donors (Lipinski definition) is 2. The first-order valence-corrected chi connectivity index (χ1v) is 9.45. The molecule has 1 atom stereocenters. The first kappa shape index (κ1) is 19.3. The van der Waals surface area contributed by atoms with Crippen LogP contribution < -0.4 is 5.32 Å². The minimum Gasteiger partial charge on any atom is -0.505 e. The van der Waals surface area contributed by atoms with Crippen molar-refractivity contribution in [3.8, 4) is 5.75 Å². The Morgan fingerprint density at radius 3 is 2.63 bits per heavy atom. The number of rotatable bonds is 5. The molecule has 2 aromatic carbocycles. The van der Waals surface area contributed by atoms with Gasteiger partial charge in [0.25, 0.3) is 5.69 Å². The highest BCUT2D eigenvalue weighted by Crippen LogP contribution is 2.37. The quantitative estimate of drug-likeness (QED) is 0.359. The number of phenolic OH excluding ortho intramolecular Hbond substituents is 1. The molecule has 0 saturated heterocycles. The lowest BCUT2D eigenvalue weighted by atomic mass is 9.95. The standard InChI is InChI=1S/C23H20N4O3/c1-14-10-11-24-20(12-14)26-21(17-4-3-5-18(13-17)27(29)30)19-9-8-16-7-6-15(2)25-22(16)23(19)28/h3-13,21,28H,1-2H3,(H,24,26)/t21-/m0/s1. The summed E-state index contributed by atoms with van der Waals surface area (Å²) in [4.78, 5) is 19.7. The van der Waals surface area contributed by atoms with Crippen molar-refractivity contribution in [3.05, 3.63) is 99.4 Å². The van der Waals surface area contributed by atoms with Crippen LogP contribution in [0.25, 0.3) is 10.9 Å². The summed E-state index contributed by atoms with van der Waals surface area (Å²) in [6.45, 7) is 3.81. The second-order valence-corrected chi connectivity index (χ2v) is 7.18. The Hall–Kier alpha value is -4.00. The smallest absolute Gasteiger partial charge is 0.269 e. The van der Waals surface area contributed by atoms with E-state index in [1.54, 1.807) is 24.4 Å². The number of pyridine rings is 2. The predicted octanol–water partition coefficient (Wildman–Crippen LogP) is 5.06. The lowest BCUT2D eigenvalue weighted by molar-refractivity contribution is -0.384. The van der Waals surface area contributed by atoms with Gasteiger partial charge in [0, 0.05) is 35.0 Å². The maximum Gasteiger partial charge on any atom is 0.269 e. The second-order valence-electron chi connectivity index (χ2n) is 7.18. The summed E-state index contributed by atoms with van der Waals surface area (Å²) in [5, 5.41) is 26.5. The molecule has 30 heavy (non-hydrogen) atoms. The van der Waals surface area contributed by atoms with Gasteiger partial charge in [-0.05, 0) is 43.2 Å². The zero-order valence-corrected chi connectivity index (χ0v) is 16.5. The van der Waals surface area contributed by atoms with Crippen LogP contribution in [0.5, 0.6) is 5.75 Å². The Morgan fingerprint density at radius 2 is 1.87 bits per heavy atom. The van der Waals surface area contributed by atoms with Crippen molar-refractivity contribution >= 4 is 22.4 Å². The molecule has 0 aliphatic carbocycles. The highest BCUT2D eigenvalue weighted by molar-refractivity contribution is 5.86. The molecule has 2 N–H and O–H groups in total. The van der Waals surface area contributed by atoms with Gasteiger partial charge >= 0.3 is 0 Å². The van der Waals surface area contributed by atoms with Crippen LogP contribution in [0.15, 0.2) is 66.9 Å². The van der Waals surface area contributed by atoms with E-state index < -0.39 is 11.0 Å². The molecule has 0 spiro atoms. The largest absolute Gasteiger partial charge is 0.505 e. The number of non-ortho nitro benzene ring substituents is 1. The third-order valence-electron chi connectivity index (χ3n) is 4.94. The number of nitro benzene ring substituents is 1. The Kier molecular flexibility index (Phi) is 5.02. The first-order chi connectivity index (χ1) is 14.4. The highest BCUT2D eigenvalue weighted by Gasteiger charge is 2.22. The van der Waals surface area contributed by atoms with Crippen LogP contribution in [0.3, 0.4) is 0 Å². The minimum atomic E-state index is -0.564. The molecule has 0 amide bonds. The van der Waals surface area contributed by atoms with Crippen molar-refractivity contribution in [2.45, 2.75) is 19.9 Å². The summed E-state index contributed by atoms with van der Waals surface area (Å²) in [5.74, 6) is 0.635. The summed E-state index contributed by atoms with van der Waals surface area (Å²) < 4.78 is 0. The summed E-state index contributed by atoms with van der Waals surface area (Å²) >= 11 is 0. The number of nitrogens with one attached hydrogen (secondary N) is 1. The number of hydrogen-bond acceptors (Lipinski definition) is 6. The van der Waals surface area contributed by atoms with Gasteiger partial charge in [-0.15, -0.1) is 0 Å². The van der Waals surface area contributed by atoms with Crippen molar-refractivity contribution in [1.82, 2.24) is 9.97 Å². The molecule has 0 unspecified atom stereocenters. The number of anilines is 1. The van der Waals surface area contributed by atoms with Crippen LogP contribution in [0, 0.1) is 24.0 Å². The number of fused-ring (bicyclic) bond motifs is 1. The third kappa shape index (κ3) is 3.77. The fourth-order valence-corrected chi connectivity index (χ4v) is 3.44. The summed E-state index contributed by atoms with van der Waals surface area (Å²) in [7, 11) is 0.